The summed E-state index contributed by atoms with van der Waals surface area (Å²) in [6.45, 7) is 0.721. The molecule has 4 rings (SSSR count). The van der Waals surface area contributed by atoms with E-state index >= 15 is 0 Å². The fourth-order valence-electron chi connectivity index (χ4n) is 2.77. The van der Waals surface area contributed by atoms with Gasteiger partial charge in [0.25, 0.3) is 0 Å². The lowest BCUT2D eigenvalue weighted by Crippen LogP contribution is -2.15. The van der Waals surface area contributed by atoms with Crippen LogP contribution in [0.5, 0.6) is 0 Å². The minimum atomic E-state index is -0.470. The van der Waals surface area contributed by atoms with Gasteiger partial charge in [-0.05, 0) is 34.9 Å². The Hall–Kier alpha value is -2.83. The van der Waals surface area contributed by atoms with Gasteiger partial charge in [0.2, 0.25) is 5.28 Å². The maximum atomic E-state index is 6.27. The molecule has 1 unspecified atom stereocenters. The molecule has 7 heteroatoms. The second-order valence-corrected chi connectivity index (χ2v) is 6.03. The summed E-state index contributed by atoms with van der Waals surface area (Å²) in [4.78, 5) is 12.0. The van der Waals surface area contributed by atoms with Gasteiger partial charge in [-0.1, -0.05) is 36.4 Å². The zero-order chi connectivity index (χ0) is 17.2. The van der Waals surface area contributed by atoms with Crippen molar-refractivity contribution in [1.82, 2.24) is 24.7 Å². The van der Waals surface area contributed by atoms with Crippen molar-refractivity contribution in [1.29, 1.82) is 0 Å². The molecule has 2 aromatic heterocycles. The highest BCUT2D eigenvalue weighted by molar-refractivity contribution is 6.28. The minimum absolute atomic E-state index is 0.136. The highest BCUT2D eigenvalue weighted by Crippen LogP contribution is 2.23. The molecule has 0 saturated heterocycles. The highest BCUT2D eigenvalue weighted by Gasteiger charge is 2.14. The molecule has 0 aliphatic heterocycles. The molecule has 0 fully saturated rings. The Morgan fingerprint density at radius 1 is 1.08 bits per heavy atom. The predicted octanol–water partition coefficient (Wildman–Crippen LogP) is 2.97. The van der Waals surface area contributed by atoms with Gasteiger partial charge in [-0.3, -0.25) is 4.68 Å². The van der Waals surface area contributed by atoms with Crippen molar-refractivity contribution >= 4 is 22.5 Å². The zero-order valence-electron chi connectivity index (χ0n) is 13.2. The molecule has 0 aliphatic rings. The molecule has 2 N–H and O–H groups in total. The monoisotopic (exact) mass is 350 g/mol. The summed E-state index contributed by atoms with van der Waals surface area (Å²) >= 11 is 5.82. The van der Waals surface area contributed by atoms with Crippen molar-refractivity contribution in [3.8, 4) is 0 Å². The second-order valence-electron chi connectivity index (χ2n) is 5.70. The first kappa shape index (κ1) is 15.7. The van der Waals surface area contributed by atoms with Gasteiger partial charge < -0.3 is 5.73 Å². The van der Waals surface area contributed by atoms with Crippen molar-refractivity contribution < 1.29 is 0 Å². The molecule has 0 amide bonds. The van der Waals surface area contributed by atoms with Crippen molar-refractivity contribution in [3.63, 3.8) is 0 Å². The van der Waals surface area contributed by atoms with Crippen LogP contribution in [0.1, 0.15) is 23.0 Å². The molecule has 4 aromatic rings. The molecule has 1 atom stereocenters. The summed E-state index contributed by atoms with van der Waals surface area (Å²) in [6, 6.07) is 15.7. The molecule has 25 heavy (non-hydrogen) atoms. The van der Waals surface area contributed by atoms with Crippen molar-refractivity contribution in [2.24, 2.45) is 5.73 Å². The molecule has 124 valence electrons. The Morgan fingerprint density at radius 3 is 2.72 bits per heavy atom. The fourth-order valence-corrected chi connectivity index (χ4v) is 2.90. The number of fused-ring (bicyclic) bond motifs is 1. The van der Waals surface area contributed by atoms with Gasteiger partial charge in [0.1, 0.15) is 6.33 Å². The molecule has 2 aromatic carbocycles. The lowest BCUT2D eigenvalue weighted by atomic mass is 10.1. The van der Waals surface area contributed by atoms with Gasteiger partial charge in [-0.2, -0.15) is 5.10 Å². The number of halogens is 1. The minimum Gasteiger partial charge on any atom is -0.318 e. The number of aromatic nitrogens is 5. The van der Waals surface area contributed by atoms with E-state index in [2.05, 4.69) is 32.2 Å². The quantitative estimate of drug-likeness (QED) is 0.611. The molecule has 0 bridgehead atoms. The number of hydrogen-bond acceptors (Lipinski definition) is 5. The van der Waals surface area contributed by atoms with Gasteiger partial charge in [-0.25, -0.2) is 15.0 Å². The topological polar surface area (TPSA) is 82.5 Å². The Kier molecular flexibility index (Phi) is 4.13. The molecule has 0 saturated carbocycles. The molecule has 0 spiro atoms. The maximum Gasteiger partial charge on any atom is 0.225 e. The third kappa shape index (κ3) is 3.22. The third-order valence-corrected chi connectivity index (χ3v) is 4.22. The van der Waals surface area contributed by atoms with Crippen LogP contribution in [0.15, 0.2) is 61.1 Å². The molecule has 0 radical (unpaired) electrons. The first-order valence-electron chi connectivity index (χ1n) is 7.80. The zero-order valence-corrected chi connectivity index (χ0v) is 14.0. The normalized spacial score (nSPS) is 12.4. The van der Waals surface area contributed by atoms with E-state index in [-0.39, 0.29) is 5.28 Å². The molecule has 2 heterocycles. The fraction of sp³-hybridized carbons (Fsp3) is 0.111. The number of nitrogens with zero attached hydrogens (tertiary/aromatic N) is 5. The number of benzene rings is 2. The van der Waals surface area contributed by atoms with Gasteiger partial charge in [0.15, 0.2) is 5.82 Å². The van der Waals surface area contributed by atoms with Crippen LogP contribution in [-0.4, -0.2) is 24.7 Å². The predicted molar refractivity (Wildman–Crippen MR) is 96.1 cm³/mol. The van der Waals surface area contributed by atoms with Crippen LogP contribution in [0.2, 0.25) is 5.28 Å². The second kappa shape index (κ2) is 6.58. The summed E-state index contributed by atoms with van der Waals surface area (Å²) in [6.07, 6.45) is 3.20. The van der Waals surface area contributed by atoms with E-state index in [0.717, 1.165) is 23.0 Å². The average Bonchev–Trinajstić information content (AvgIpc) is 3.04. The van der Waals surface area contributed by atoms with E-state index in [4.69, 9.17) is 17.3 Å². The summed E-state index contributed by atoms with van der Waals surface area (Å²) in [7, 11) is 0. The Labute approximate surface area is 149 Å². The highest BCUT2D eigenvalue weighted by atomic mass is 35.5. The largest absolute Gasteiger partial charge is 0.318 e. The van der Waals surface area contributed by atoms with Crippen molar-refractivity contribution in [3.05, 3.63) is 83.3 Å². The Bertz CT molecular complexity index is 1010. The maximum absolute atomic E-state index is 6.27. The van der Waals surface area contributed by atoms with Gasteiger partial charge >= 0.3 is 0 Å². The summed E-state index contributed by atoms with van der Waals surface area (Å²) < 4.78 is 1.97. The number of rotatable bonds is 4. The number of nitrogens with two attached hydrogens (primary N) is 1. The van der Waals surface area contributed by atoms with Crippen LogP contribution in [0, 0.1) is 0 Å². The summed E-state index contributed by atoms with van der Waals surface area (Å²) in [5.74, 6) is 0.441. The molecular weight excluding hydrogens is 336 g/mol. The van der Waals surface area contributed by atoms with E-state index < -0.39 is 6.04 Å². The van der Waals surface area contributed by atoms with Crippen LogP contribution < -0.4 is 5.73 Å². The molecular formula is C18H15ClN6. The standard InChI is InChI=1S/C18H15ClN6/c19-18-22-11-21-17(24-18)16(20)13-6-7-15-14(8-13)9-23-25(15)10-12-4-2-1-3-5-12/h1-9,11,16H,10,20H2. The molecule has 6 nitrogen and oxygen atoms in total. The number of hydrogen-bond donors (Lipinski definition) is 1. The Balaban J connectivity index is 1.65. The van der Waals surface area contributed by atoms with Crippen molar-refractivity contribution in [2.45, 2.75) is 12.6 Å². The van der Waals surface area contributed by atoms with Gasteiger partial charge in [-0.15, -0.1) is 0 Å². The van der Waals surface area contributed by atoms with E-state index in [0.29, 0.717) is 5.82 Å². The van der Waals surface area contributed by atoms with E-state index in [1.165, 1.54) is 11.9 Å². The van der Waals surface area contributed by atoms with Crippen molar-refractivity contribution in [2.75, 3.05) is 0 Å². The first-order valence-corrected chi connectivity index (χ1v) is 8.18. The third-order valence-electron chi connectivity index (χ3n) is 4.04. The Morgan fingerprint density at radius 2 is 1.92 bits per heavy atom. The lowest BCUT2D eigenvalue weighted by molar-refractivity contribution is 0.712. The van der Waals surface area contributed by atoms with Gasteiger partial charge in [0.05, 0.1) is 24.3 Å². The van der Waals surface area contributed by atoms with Gasteiger partial charge in [0, 0.05) is 5.39 Å². The van der Waals surface area contributed by atoms with E-state index in [9.17, 15) is 0 Å². The van der Waals surface area contributed by atoms with Crippen LogP contribution in [-0.2, 0) is 6.54 Å². The summed E-state index contributed by atoms with van der Waals surface area (Å²) in [5, 5.41) is 5.65. The average molecular weight is 351 g/mol. The smallest absolute Gasteiger partial charge is 0.225 e. The van der Waals surface area contributed by atoms with E-state index in [1.54, 1.807) is 0 Å². The SMILES string of the molecule is NC(c1ccc2c(cnn2Cc2ccccc2)c1)c1ncnc(Cl)n1. The van der Waals surface area contributed by atoms with Crippen LogP contribution in [0.4, 0.5) is 0 Å². The molecule has 0 aliphatic carbocycles. The van der Waals surface area contributed by atoms with Crippen LogP contribution in [0.3, 0.4) is 0 Å². The van der Waals surface area contributed by atoms with E-state index in [1.807, 2.05) is 47.3 Å². The first-order chi connectivity index (χ1) is 12.2. The van der Waals surface area contributed by atoms with Crippen LogP contribution in [0.25, 0.3) is 10.9 Å². The summed E-state index contributed by atoms with van der Waals surface area (Å²) in [5.41, 5.74) is 9.42. The van der Waals surface area contributed by atoms with Crippen LogP contribution >= 0.6 is 11.6 Å². The lowest BCUT2D eigenvalue weighted by Gasteiger charge is -2.11.